The molecule has 0 spiro atoms. The lowest BCUT2D eigenvalue weighted by molar-refractivity contribution is -0.138. The summed E-state index contributed by atoms with van der Waals surface area (Å²) in [4.78, 5) is 18.8. The van der Waals surface area contributed by atoms with Crippen molar-refractivity contribution in [1.29, 1.82) is 0 Å². The number of amides is 1. The zero-order chi connectivity index (χ0) is 24.4. The molecule has 1 aromatic heterocycles. The van der Waals surface area contributed by atoms with Crippen LogP contribution < -0.4 is 10.1 Å². The van der Waals surface area contributed by atoms with E-state index >= 15 is 0 Å². The van der Waals surface area contributed by atoms with Crippen molar-refractivity contribution in [2.24, 2.45) is 0 Å². The zero-order valence-electron chi connectivity index (χ0n) is 18.8. The first kappa shape index (κ1) is 23.6. The number of aryl methyl sites for hydroxylation is 1. The van der Waals surface area contributed by atoms with Gasteiger partial charge in [-0.2, -0.15) is 0 Å². The summed E-state index contributed by atoms with van der Waals surface area (Å²) in [5, 5.41) is 13.1. The summed E-state index contributed by atoms with van der Waals surface area (Å²) >= 11 is 0. The summed E-state index contributed by atoms with van der Waals surface area (Å²) in [6, 6.07) is 5.43. The fourth-order valence-corrected chi connectivity index (χ4v) is 4.23. The first-order valence-electron chi connectivity index (χ1n) is 10.8. The maximum atomic E-state index is 13.8. The molecule has 2 heterocycles. The van der Waals surface area contributed by atoms with Crippen LogP contribution in [0.2, 0.25) is 0 Å². The van der Waals surface area contributed by atoms with E-state index in [2.05, 4.69) is 10.3 Å². The molecule has 1 saturated heterocycles. The van der Waals surface area contributed by atoms with E-state index in [1.54, 1.807) is 19.5 Å². The molecule has 0 radical (unpaired) electrons. The number of piperidine rings is 1. The molecule has 0 bridgehead atoms. The molecular weight excluding hydrogens is 449 g/mol. The number of anilines is 1. The maximum Gasteiger partial charge on any atom is 0.245 e. The zero-order valence-corrected chi connectivity index (χ0v) is 18.8. The number of hydrogen-bond acceptors (Lipinski definition) is 5. The van der Waals surface area contributed by atoms with Gasteiger partial charge in [0.15, 0.2) is 17.5 Å². The largest absolute Gasteiger partial charge is 0.494 e. The number of halogens is 3. The van der Waals surface area contributed by atoms with Crippen molar-refractivity contribution in [2.75, 3.05) is 25.6 Å². The van der Waals surface area contributed by atoms with Crippen LogP contribution in [0.25, 0.3) is 5.69 Å². The van der Waals surface area contributed by atoms with Crippen LogP contribution >= 0.6 is 0 Å². The smallest absolute Gasteiger partial charge is 0.245 e. The van der Waals surface area contributed by atoms with E-state index in [0.717, 1.165) is 23.5 Å². The number of benzene rings is 2. The number of aliphatic hydroxyl groups is 1. The highest BCUT2D eigenvalue weighted by molar-refractivity contribution is 5.86. The molecule has 1 amide bonds. The van der Waals surface area contributed by atoms with Crippen molar-refractivity contribution in [3.05, 3.63) is 71.6 Å². The lowest BCUT2D eigenvalue weighted by Gasteiger charge is -2.38. The van der Waals surface area contributed by atoms with Gasteiger partial charge >= 0.3 is 0 Å². The van der Waals surface area contributed by atoms with Crippen molar-refractivity contribution in [3.8, 4) is 11.4 Å². The van der Waals surface area contributed by atoms with E-state index in [4.69, 9.17) is 4.74 Å². The molecule has 1 fully saturated rings. The predicted molar refractivity (Wildman–Crippen MR) is 119 cm³/mol. The van der Waals surface area contributed by atoms with Crippen LogP contribution in [0.1, 0.15) is 30.1 Å². The number of aromatic nitrogens is 2. The van der Waals surface area contributed by atoms with Crippen LogP contribution in [-0.2, 0) is 4.79 Å². The number of nitrogens with zero attached hydrogens (tertiary/aromatic N) is 3. The normalized spacial score (nSPS) is 17.1. The van der Waals surface area contributed by atoms with Gasteiger partial charge in [0.2, 0.25) is 5.91 Å². The topological polar surface area (TPSA) is 79.6 Å². The van der Waals surface area contributed by atoms with Crippen molar-refractivity contribution >= 4 is 11.6 Å². The molecule has 0 saturated carbocycles. The average molecular weight is 474 g/mol. The number of aliphatic hydroxyl groups excluding tert-OH is 1. The van der Waals surface area contributed by atoms with Crippen LogP contribution in [0.4, 0.5) is 18.9 Å². The summed E-state index contributed by atoms with van der Waals surface area (Å²) in [5.41, 5.74) is 2.29. The van der Waals surface area contributed by atoms with Gasteiger partial charge in [-0.15, -0.1) is 0 Å². The average Bonchev–Trinajstić information content (AvgIpc) is 3.26. The Morgan fingerprint density at radius 3 is 2.59 bits per heavy atom. The second-order valence-corrected chi connectivity index (χ2v) is 8.18. The number of hydrogen-bond donors (Lipinski definition) is 2. The number of ether oxygens (including phenoxy) is 1. The number of carbonyl (C=O) groups is 1. The minimum absolute atomic E-state index is 0.00505. The van der Waals surface area contributed by atoms with Crippen LogP contribution in [-0.4, -0.2) is 51.8 Å². The number of methoxy groups -OCH3 is 1. The van der Waals surface area contributed by atoms with E-state index in [0.29, 0.717) is 30.8 Å². The molecule has 2 N–H and O–H groups in total. The van der Waals surface area contributed by atoms with Gasteiger partial charge in [0.25, 0.3) is 0 Å². The third-order valence-corrected chi connectivity index (χ3v) is 5.92. The first-order valence-corrected chi connectivity index (χ1v) is 10.8. The molecule has 2 atom stereocenters. The van der Waals surface area contributed by atoms with E-state index < -0.39 is 36.1 Å². The van der Waals surface area contributed by atoms with Crippen molar-refractivity contribution in [1.82, 2.24) is 14.5 Å². The molecule has 34 heavy (non-hydrogen) atoms. The van der Waals surface area contributed by atoms with E-state index in [-0.39, 0.29) is 11.5 Å². The molecule has 2 unspecified atom stereocenters. The molecule has 7 nitrogen and oxygen atoms in total. The van der Waals surface area contributed by atoms with Crippen LogP contribution in [0.15, 0.2) is 42.9 Å². The van der Waals surface area contributed by atoms with Gasteiger partial charge in [-0.05, 0) is 49.6 Å². The highest BCUT2D eigenvalue weighted by Crippen LogP contribution is 2.31. The molecular formula is C24H25F3N4O3. The van der Waals surface area contributed by atoms with E-state index in [1.165, 1.54) is 4.90 Å². The number of imidazole rings is 1. The van der Waals surface area contributed by atoms with Crippen LogP contribution in [0, 0.1) is 24.4 Å². The Morgan fingerprint density at radius 1 is 1.24 bits per heavy atom. The monoisotopic (exact) mass is 474 g/mol. The lowest BCUT2D eigenvalue weighted by Crippen LogP contribution is -2.49. The number of nitrogens with one attached hydrogen (secondary N) is 1. The molecule has 3 aromatic rings. The molecule has 180 valence electrons. The summed E-state index contributed by atoms with van der Waals surface area (Å²) in [5.74, 6) is -4.08. The lowest BCUT2D eigenvalue weighted by atomic mass is 9.98. The second kappa shape index (κ2) is 9.76. The summed E-state index contributed by atoms with van der Waals surface area (Å²) in [6.07, 6.45) is 4.68. The predicted octanol–water partition coefficient (Wildman–Crippen LogP) is 3.74. The van der Waals surface area contributed by atoms with E-state index in [9.17, 15) is 23.1 Å². The van der Waals surface area contributed by atoms with Crippen LogP contribution in [0.5, 0.6) is 5.75 Å². The highest BCUT2D eigenvalue weighted by atomic mass is 19.2. The molecule has 0 aliphatic carbocycles. The quantitative estimate of drug-likeness (QED) is 0.510. The minimum atomic E-state index is -1.59. The number of rotatable bonds is 7. The first-order chi connectivity index (χ1) is 16.3. The van der Waals surface area contributed by atoms with Crippen LogP contribution in [0.3, 0.4) is 0 Å². The molecule has 1 aliphatic heterocycles. The standard InChI is InChI=1S/C24H25F3N4O3/c1-14-11-30(13-28-14)20-6-5-16(10-22(20)34-2)29-19-4-3-7-31(24(19)33)21(12-32)15-8-17(25)23(27)18(26)9-15/h5-6,8-11,13,19,21,29,32H,3-4,7,12H2,1-2H3. The van der Waals surface area contributed by atoms with Gasteiger partial charge in [-0.25, -0.2) is 18.2 Å². The fourth-order valence-electron chi connectivity index (χ4n) is 4.23. The van der Waals surface area contributed by atoms with Crippen molar-refractivity contribution < 1.29 is 27.8 Å². The number of likely N-dealkylation sites (tertiary alicyclic amines) is 1. The Morgan fingerprint density at radius 2 is 1.97 bits per heavy atom. The Hall–Kier alpha value is -3.53. The maximum absolute atomic E-state index is 13.8. The Labute approximate surface area is 194 Å². The van der Waals surface area contributed by atoms with Gasteiger partial charge in [0, 0.05) is 24.5 Å². The Balaban J connectivity index is 1.55. The third kappa shape index (κ3) is 4.58. The van der Waals surface area contributed by atoms with E-state index in [1.807, 2.05) is 29.8 Å². The van der Waals surface area contributed by atoms with Gasteiger partial charge in [-0.3, -0.25) is 4.79 Å². The SMILES string of the molecule is COc1cc(NC2CCCN(C(CO)c3cc(F)c(F)c(F)c3)C2=O)ccc1-n1cnc(C)c1. The van der Waals surface area contributed by atoms with Gasteiger partial charge in [-0.1, -0.05) is 0 Å². The van der Waals surface area contributed by atoms with Gasteiger partial charge in [0.05, 0.1) is 37.5 Å². The fraction of sp³-hybridized carbons (Fsp3) is 0.333. The molecule has 1 aliphatic rings. The van der Waals surface area contributed by atoms with Crippen molar-refractivity contribution in [2.45, 2.75) is 31.8 Å². The second-order valence-electron chi connectivity index (χ2n) is 8.18. The number of carbonyl (C=O) groups excluding carboxylic acids is 1. The summed E-state index contributed by atoms with van der Waals surface area (Å²) < 4.78 is 48.3. The molecule has 10 heteroatoms. The molecule has 2 aromatic carbocycles. The van der Waals surface area contributed by atoms with Gasteiger partial charge in [0.1, 0.15) is 11.8 Å². The molecule has 4 rings (SSSR count). The Kier molecular flexibility index (Phi) is 6.78. The summed E-state index contributed by atoms with van der Waals surface area (Å²) in [7, 11) is 1.55. The Bertz CT molecular complexity index is 1180. The highest BCUT2D eigenvalue weighted by Gasteiger charge is 2.34. The van der Waals surface area contributed by atoms with Crippen molar-refractivity contribution in [3.63, 3.8) is 0 Å². The summed E-state index contributed by atoms with van der Waals surface area (Å²) in [6.45, 7) is 1.62. The minimum Gasteiger partial charge on any atom is -0.494 e. The van der Waals surface area contributed by atoms with Gasteiger partial charge < -0.3 is 24.6 Å². The third-order valence-electron chi connectivity index (χ3n) is 5.92.